The molecule has 0 amide bonds. The molecule has 1 aromatic heterocycles. The Balaban J connectivity index is 2.28. The fourth-order valence-electron chi connectivity index (χ4n) is 1.64. The summed E-state index contributed by atoms with van der Waals surface area (Å²) in [6.45, 7) is 4.21. The molecular formula is C14H15ClN2S. The van der Waals surface area contributed by atoms with Gasteiger partial charge in [-0.1, -0.05) is 54.4 Å². The number of benzene rings is 1. The fraction of sp³-hybridized carbons (Fsp3) is 0.286. The molecule has 0 aliphatic heterocycles. The van der Waals surface area contributed by atoms with Gasteiger partial charge in [0.1, 0.15) is 16.5 Å². The average Bonchev–Trinajstić information content (AvgIpc) is 2.36. The topological polar surface area (TPSA) is 25.8 Å². The van der Waals surface area contributed by atoms with Crippen LogP contribution in [0, 0.1) is 6.92 Å². The summed E-state index contributed by atoms with van der Waals surface area (Å²) in [7, 11) is 0. The van der Waals surface area contributed by atoms with Crippen molar-refractivity contribution in [3.63, 3.8) is 0 Å². The molecule has 0 bridgehead atoms. The number of hydrogen-bond donors (Lipinski definition) is 0. The Hall–Kier alpha value is -1.06. The maximum Gasteiger partial charge on any atom is 0.136 e. The lowest BCUT2D eigenvalue weighted by Gasteiger charge is -2.08. The van der Waals surface area contributed by atoms with Crippen LogP contribution in [0.5, 0.6) is 0 Å². The molecule has 4 heteroatoms. The van der Waals surface area contributed by atoms with Crippen LogP contribution in [0.3, 0.4) is 0 Å². The fourth-order valence-corrected chi connectivity index (χ4v) is 2.84. The minimum Gasteiger partial charge on any atom is -0.229 e. The van der Waals surface area contributed by atoms with Crippen molar-refractivity contribution in [1.29, 1.82) is 0 Å². The van der Waals surface area contributed by atoms with Crippen molar-refractivity contribution in [2.75, 3.05) is 0 Å². The van der Waals surface area contributed by atoms with Crippen LogP contribution in [0.25, 0.3) is 0 Å². The molecule has 0 aliphatic rings. The Labute approximate surface area is 117 Å². The van der Waals surface area contributed by atoms with E-state index in [0.29, 0.717) is 5.15 Å². The van der Waals surface area contributed by atoms with Crippen molar-refractivity contribution in [3.05, 3.63) is 46.9 Å². The van der Waals surface area contributed by atoms with E-state index in [4.69, 9.17) is 11.6 Å². The molecule has 0 atom stereocenters. The first kappa shape index (κ1) is 13.4. The molecule has 0 radical (unpaired) electrons. The van der Waals surface area contributed by atoms with Crippen molar-refractivity contribution in [1.82, 2.24) is 9.97 Å². The molecule has 1 heterocycles. The monoisotopic (exact) mass is 278 g/mol. The lowest BCUT2D eigenvalue weighted by molar-refractivity contribution is 0.856. The number of aromatic nitrogens is 2. The maximum atomic E-state index is 6.14. The number of halogens is 1. The molecule has 0 aliphatic carbocycles. The minimum absolute atomic E-state index is 0.571. The Bertz CT molecular complexity index is 526. The number of hydrogen-bond acceptors (Lipinski definition) is 3. The zero-order valence-electron chi connectivity index (χ0n) is 10.5. The summed E-state index contributed by atoms with van der Waals surface area (Å²) < 4.78 is 0. The number of rotatable bonds is 4. The Kier molecular flexibility index (Phi) is 4.61. The van der Waals surface area contributed by atoms with Gasteiger partial charge < -0.3 is 0 Å². The molecule has 2 nitrogen and oxygen atoms in total. The maximum absolute atomic E-state index is 6.14. The summed E-state index contributed by atoms with van der Waals surface area (Å²) >= 11 is 7.78. The molecule has 2 aromatic rings. The second kappa shape index (κ2) is 6.21. The highest BCUT2D eigenvalue weighted by Gasteiger charge is 2.10. The summed E-state index contributed by atoms with van der Waals surface area (Å²) in [5.41, 5.74) is 2.31. The lowest BCUT2D eigenvalue weighted by Crippen LogP contribution is -1.95. The smallest absolute Gasteiger partial charge is 0.136 e. The van der Waals surface area contributed by atoms with Crippen molar-refractivity contribution in [2.45, 2.75) is 36.6 Å². The summed E-state index contributed by atoms with van der Waals surface area (Å²) in [5.74, 6) is 0. The van der Waals surface area contributed by atoms with Gasteiger partial charge in [0.2, 0.25) is 0 Å². The van der Waals surface area contributed by atoms with E-state index in [1.54, 1.807) is 11.8 Å². The van der Waals surface area contributed by atoms with Crippen LogP contribution in [0.1, 0.15) is 24.5 Å². The first-order valence-corrected chi connectivity index (χ1v) is 7.14. The van der Waals surface area contributed by atoms with Crippen LogP contribution in [-0.2, 0) is 6.42 Å². The van der Waals surface area contributed by atoms with Gasteiger partial charge in [-0.05, 0) is 25.5 Å². The molecule has 0 saturated heterocycles. The standard InChI is InChI=1S/C14H15ClN2S/c1-3-4-12-13(15)16-9-17-14(12)18-11-7-5-10(2)6-8-11/h5-9H,3-4H2,1-2H3. The van der Waals surface area contributed by atoms with E-state index >= 15 is 0 Å². The van der Waals surface area contributed by atoms with Crippen LogP contribution in [0.15, 0.2) is 40.5 Å². The van der Waals surface area contributed by atoms with Gasteiger partial charge >= 0.3 is 0 Å². The third-order valence-electron chi connectivity index (χ3n) is 2.59. The van der Waals surface area contributed by atoms with E-state index < -0.39 is 0 Å². The van der Waals surface area contributed by atoms with Gasteiger partial charge in [-0.25, -0.2) is 9.97 Å². The number of aryl methyl sites for hydroxylation is 1. The van der Waals surface area contributed by atoms with Crippen LogP contribution < -0.4 is 0 Å². The van der Waals surface area contributed by atoms with E-state index in [1.807, 2.05) is 0 Å². The highest BCUT2D eigenvalue weighted by molar-refractivity contribution is 7.99. The molecule has 0 fully saturated rings. The largest absolute Gasteiger partial charge is 0.229 e. The zero-order valence-corrected chi connectivity index (χ0v) is 12.1. The van der Waals surface area contributed by atoms with E-state index in [2.05, 4.69) is 48.1 Å². The molecular weight excluding hydrogens is 264 g/mol. The number of nitrogens with zero attached hydrogens (tertiary/aromatic N) is 2. The molecule has 2 rings (SSSR count). The Morgan fingerprint density at radius 2 is 1.89 bits per heavy atom. The first-order valence-electron chi connectivity index (χ1n) is 5.94. The second-order valence-electron chi connectivity index (χ2n) is 4.11. The van der Waals surface area contributed by atoms with E-state index in [9.17, 15) is 0 Å². The van der Waals surface area contributed by atoms with Crippen molar-refractivity contribution < 1.29 is 0 Å². The summed E-state index contributed by atoms with van der Waals surface area (Å²) in [6, 6.07) is 8.41. The molecule has 94 valence electrons. The summed E-state index contributed by atoms with van der Waals surface area (Å²) in [6.07, 6.45) is 3.47. The highest BCUT2D eigenvalue weighted by atomic mass is 35.5. The van der Waals surface area contributed by atoms with Crippen LogP contribution >= 0.6 is 23.4 Å². The zero-order chi connectivity index (χ0) is 13.0. The molecule has 0 unspecified atom stereocenters. The minimum atomic E-state index is 0.571. The highest BCUT2D eigenvalue weighted by Crippen LogP contribution is 2.31. The molecule has 0 spiro atoms. The van der Waals surface area contributed by atoms with Gasteiger partial charge in [0.05, 0.1) is 0 Å². The van der Waals surface area contributed by atoms with Gasteiger partial charge in [-0.3, -0.25) is 0 Å². The van der Waals surface area contributed by atoms with Crippen LogP contribution in [-0.4, -0.2) is 9.97 Å². The molecule has 0 N–H and O–H groups in total. The third kappa shape index (κ3) is 3.24. The normalized spacial score (nSPS) is 10.6. The first-order chi connectivity index (χ1) is 8.70. The van der Waals surface area contributed by atoms with Gasteiger partial charge in [0.15, 0.2) is 0 Å². The second-order valence-corrected chi connectivity index (χ2v) is 5.53. The van der Waals surface area contributed by atoms with Crippen molar-refractivity contribution in [2.24, 2.45) is 0 Å². The summed E-state index contributed by atoms with van der Waals surface area (Å²) in [4.78, 5) is 9.57. The average molecular weight is 279 g/mol. The summed E-state index contributed by atoms with van der Waals surface area (Å²) in [5, 5.41) is 1.53. The van der Waals surface area contributed by atoms with E-state index in [-0.39, 0.29) is 0 Å². The van der Waals surface area contributed by atoms with Gasteiger partial charge in [0.25, 0.3) is 0 Å². The third-order valence-corrected chi connectivity index (χ3v) is 3.97. The molecule has 1 aromatic carbocycles. The molecule has 18 heavy (non-hydrogen) atoms. The molecule has 0 saturated carbocycles. The SMILES string of the molecule is CCCc1c(Cl)ncnc1Sc1ccc(C)cc1. The van der Waals surface area contributed by atoms with Gasteiger partial charge in [-0.15, -0.1) is 0 Å². The van der Waals surface area contributed by atoms with Gasteiger partial charge in [-0.2, -0.15) is 0 Å². The van der Waals surface area contributed by atoms with Crippen LogP contribution in [0.2, 0.25) is 5.15 Å². The Morgan fingerprint density at radius 3 is 2.56 bits per heavy atom. The van der Waals surface area contributed by atoms with Crippen molar-refractivity contribution >= 4 is 23.4 Å². The lowest BCUT2D eigenvalue weighted by atomic mass is 10.2. The predicted octanol–water partition coefficient (Wildman–Crippen LogP) is 4.54. The van der Waals surface area contributed by atoms with Gasteiger partial charge in [0, 0.05) is 10.5 Å². The quantitative estimate of drug-likeness (QED) is 0.768. The van der Waals surface area contributed by atoms with E-state index in [0.717, 1.165) is 23.4 Å². The van der Waals surface area contributed by atoms with E-state index in [1.165, 1.54) is 16.8 Å². The van der Waals surface area contributed by atoms with Crippen molar-refractivity contribution in [3.8, 4) is 0 Å². The predicted molar refractivity (Wildman–Crippen MR) is 76.3 cm³/mol. The Morgan fingerprint density at radius 1 is 1.17 bits per heavy atom. The van der Waals surface area contributed by atoms with Crippen LogP contribution in [0.4, 0.5) is 0 Å².